The molecular formula is C23H28ClN3O5. The van der Waals surface area contributed by atoms with Gasteiger partial charge in [-0.25, -0.2) is 0 Å². The minimum Gasteiger partial charge on any atom is -0.496 e. The Morgan fingerprint density at radius 2 is 1.97 bits per heavy atom. The summed E-state index contributed by atoms with van der Waals surface area (Å²) in [6.45, 7) is 3.45. The Hall–Kier alpha value is -2.97. The highest BCUT2D eigenvalue weighted by atomic mass is 35.5. The molecule has 2 amide bonds. The summed E-state index contributed by atoms with van der Waals surface area (Å²) in [7, 11) is 1.58. The Balaban J connectivity index is 0.00000289. The third-order valence-electron chi connectivity index (χ3n) is 5.57. The first-order valence-electron chi connectivity index (χ1n) is 10.4. The van der Waals surface area contributed by atoms with E-state index in [0.717, 1.165) is 24.1 Å². The van der Waals surface area contributed by atoms with Crippen LogP contribution in [-0.2, 0) is 11.3 Å². The zero-order chi connectivity index (χ0) is 21.8. The third-order valence-corrected chi connectivity index (χ3v) is 5.57. The number of aryl methyl sites for hydroxylation is 1. The summed E-state index contributed by atoms with van der Waals surface area (Å²) >= 11 is 0. The standard InChI is InChI=1S/C23H27N3O5.ClH/c1-14-3-4-15-9-20(14)30-13-22(27)25-11-16-5-6-17(10-21(16)29-2)31-19-7-8-24-12-18(19)26-23(15)28;/h3-6,9-10,18-19,24H,7-8,11-13H2,1-2H3,(H,25,27)(H,26,28);1H/t18-,19+;/m0./s1. The molecule has 3 aliphatic rings. The molecule has 2 aromatic carbocycles. The molecule has 5 rings (SSSR count). The minimum absolute atomic E-state index is 0. The molecule has 32 heavy (non-hydrogen) atoms. The van der Waals surface area contributed by atoms with E-state index in [2.05, 4.69) is 16.0 Å². The van der Waals surface area contributed by atoms with Crippen molar-refractivity contribution in [2.45, 2.75) is 32.0 Å². The van der Waals surface area contributed by atoms with Crippen LogP contribution in [0, 0.1) is 6.92 Å². The van der Waals surface area contributed by atoms with Crippen LogP contribution in [0.2, 0.25) is 0 Å². The molecule has 9 heteroatoms. The highest BCUT2D eigenvalue weighted by Gasteiger charge is 2.29. The second-order valence-corrected chi connectivity index (χ2v) is 7.75. The third kappa shape index (κ3) is 5.44. The van der Waals surface area contributed by atoms with Crippen molar-refractivity contribution < 1.29 is 23.8 Å². The lowest BCUT2D eigenvalue weighted by Crippen LogP contribution is -2.55. The van der Waals surface area contributed by atoms with Gasteiger partial charge in [0, 0.05) is 30.3 Å². The molecule has 0 aromatic heterocycles. The molecule has 3 heterocycles. The number of rotatable bonds is 1. The van der Waals surface area contributed by atoms with Crippen LogP contribution in [0.25, 0.3) is 0 Å². The van der Waals surface area contributed by atoms with Gasteiger partial charge in [-0.1, -0.05) is 6.07 Å². The topological polar surface area (TPSA) is 97.9 Å². The number of nitrogens with one attached hydrogen (secondary N) is 3. The van der Waals surface area contributed by atoms with E-state index in [4.69, 9.17) is 14.2 Å². The predicted octanol–water partition coefficient (Wildman–Crippen LogP) is 1.97. The Morgan fingerprint density at radius 1 is 1.12 bits per heavy atom. The lowest BCUT2D eigenvalue weighted by atomic mass is 10.0. The van der Waals surface area contributed by atoms with Gasteiger partial charge in [-0.2, -0.15) is 0 Å². The number of ether oxygens (including phenoxy) is 3. The van der Waals surface area contributed by atoms with Crippen LogP contribution in [0.1, 0.15) is 27.9 Å². The number of carbonyl (C=O) groups excluding carboxylic acids is 2. The van der Waals surface area contributed by atoms with Crippen LogP contribution in [0.15, 0.2) is 36.4 Å². The zero-order valence-electron chi connectivity index (χ0n) is 18.1. The lowest BCUT2D eigenvalue weighted by Gasteiger charge is -2.33. The quantitative estimate of drug-likeness (QED) is 0.600. The van der Waals surface area contributed by atoms with Crippen molar-refractivity contribution in [2.75, 3.05) is 26.8 Å². The number of hydrogen-bond donors (Lipinski definition) is 3. The second-order valence-electron chi connectivity index (χ2n) is 7.75. The first-order chi connectivity index (χ1) is 15.0. The van der Waals surface area contributed by atoms with Gasteiger partial charge in [0.05, 0.1) is 13.2 Å². The van der Waals surface area contributed by atoms with Gasteiger partial charge >= 0.3 is 0 Å². The van der Waals surface area contributed by atoms with Crippen molar-refractivity contribution >= 4 is 24.2 Å². The second kappa shape index (κ2) is 10.6. The van der Waals surface area contributed by atoms with Gasteiger partial charge in [0.1, 0.15) is 23.4 Å². The molecule has 1 fully saturated rings. The predicted molar refractivity (Wildman–Crippen MR) is 122 cm³/mol. The maximum Gasteiger partial charge on any atom is 0.258 e. The summed E-state index contributed by atoms with van der Waals surface area (Å²) in [5.74, 6) is 1.30. The Bertz CT molecular complexity index is 984. The highest BCUT2D eigenvalue weighted by molar-refractivity contribution is 5.95. The van der Waals surface area contributed by atoms with Crippen LogP contribution in [0.4, 0.5) is 0 Å². The first kappa shape index (κ1) is 23.7. The number of hydrogen-bond acceptors (Lipinski definition) is 6. The van der Waals surface area contributed by atoms with Crippen molar-refractivity contribution in [3.8, 4) is 17.2 Å². The fourth-order valence-corrected chi connectivity index (χ4v) is 3.78. The molecule has 0 spiro atoms. The monoisotopic (exact) mass is 461 g/mol. The molecule has 0 unspecified atom stereocenters. The highest BCUT2D eigenvalue weighted by Crippen LogP contribution is 2.27. The molecule has 2 atom stereocenters. The zero-order valence-corrected chi connectivity index (χ0v) is 18.9. The molecule has 1 saturated heterocycles. The summed E-state index contributed by atoms with van der Waals surface area (Å²) < 4.78 is 17.4. The van der Waals surface area contributed by atoms with Crippen molar-refractivity contribution in [3.05, 3.63) is 53.1 Å². The molecule has 0 aliphatic carbocycles. The first-order valence-corrected chi connectivity index (χ1v) is 10.4. The number of amides is 2. The molecule has 4 bridgehead atoms. The SMILES string of the molecule is COc1cc2ccc1CNC(=O)COc1cc(ccc1C)C(=O)N[C@H]1CNCC[C@H]1O2.Cl. The summed E-state index contributed by atoms with van der Waals surface area (Å²) in [6, 6.07) is 10.6. The van der Waals surface area contributed by atoms with Gasteiger partial charge in [-0.3, -0.25) is 9.59 Å². The molecule has 3 aliphatic heterocycles. The van der Waals surface area contributed by atoms with Crippen molar-refractivity contribution in [3.63, 3.8) is 0 Å². The van der Waals surface area contributed by atoms with Crippen molar-refractivity contribution in [1.29, 1.82) is 0 Å². The summed E-state index contributed by atoms with van der Waals surface area (Å²) in [5, 5.41) is 9.23. The van der Waals surface area contributed by atoms with E-state index < -0.39 is 0 Å². The summed E-state index contributed by atoms with van der Waals surface area (Å²) in [5.41, 5.74) is 2.15. The smallest absolute Gasteiger partial charge is 0.258 e. The van der Waals surface area contributed by atoms with Crippen LogP contribution in [0.5, 0.6) is 17.2 Å². The van der Waals surface area contributed by atoms with Crippen molar-refractivity contribution in [1.82, 2.24) is 16.0 Å². The maximum atomic E-state index is 12.9. The van der Waals surface area contributed by atoms with Crippen molar-refractivity contribution in [2.24, 2.45) is 0 Å². The van der Waals surface area contributed by atoms with Gasteiger partial charge in [0.25, 0.3) is 11.8 Å². The number of halogens is 1. The summed E-state index contributed by atoms with van der Waals surface area (Å²) in [4.78, 5) is 25.2. The number of carbonyl (C=O) groups is 2. The average Bonchev–Trinajstić information content (AvgIpc) is 2.78. The van der Waals surface area contributed by atoms with E-state index in [0.29, 0.717) is 35.9 Å². The Labute approximate surface area is 193 Å². The molecular weight excluding hydrogens is 434 g/mol. The van der Waals surface area contributed by atoms with Crippen LogP contribution < -0.4 is 30.2 Å². The van der Waals surface area contributed by atoms with E-state index in [1.807, 2.05) is 31.2 Å². The van der Waals surface area contributed by atoms with E-state index in [1.165, 1.54) is 0 Å². The van der Waals surface area contributed by atoms with Gasteiger partial charge < -0.3 is 30.2 Å². The number of piperidine rings is 1. The van der Waals surface area contributed by atoms with E-state index in [1.54, 1.807) is 19.2 Å². The molecule has 172 valence electrons. The van der Waals surface area contributed by atoms with Gasteiger partial charge in [-0.15, -0.1) is 12.4 Å². The molecule has 8 nitrogen and oxygen atoms in total. The maximum absolute atomic E-state index is 12.9. The van der Waals surface area contributed by atoms with Gasteiger partial charge in [-0.05, 0) is 49.7 Å². The number of fused-ring (bicyclic) bond motifs is 7. The largest absolute Gasteiger partial charge is 0.496 e. The fraction of sp³-hybridized carbons (Fsp3) is 0.391. The Morgan fingerprint density at radius 3 is 2.78 bits per heavy atom. The van der Waals surface area contributed by atoms with Crippen LogP contribution >= 0.6 is 12.4 Å². The normalized spacial score (nSPS) is 20.9. The van der Waals surface area contributed by atoms with Crippen LogP contribution in [0.3, 0.4) is 0 Å². The van der Waals surface area contributed by atoms with E-state index >= 15 is 0 Å². The summed E-state index contributed by atoms with van der Waals surface area (Å²) in [6.07, 6.45) is 0.574. The van der Waals surface area contributed by atoms with Gasteiger partial charge in [0.2, 0.25) is 0 Å². The lowest BCUT2D eigenvalue weighted by molar-refractivity contribution is -0.123. The number of methoxy groups -OCH3 is 1. The van der Waals surface area contributed by atoms with E-state index in [-0.39, 0.29) is 43.0 Å². The molecule has 0 radical (unpaired) electrons. The van der Waals surface area contributed by atoms with E-state index in [9.17, 15) is 9.59 Å². The number of benzene rings is 2. The van der Waals surface area contributed by atoms with Gasteiger partial charge in [0.15, 0.2) is 6.61 Å². The van der Waals surface area contributed by atoms with Crippen LogP contribution in [-0.4, -0.2) is 50.8 Å². The molecule has 3 N–H and O–H groups in total. The molecule has 0 saturated carbocycles. The average molecular weight is 462 g/mol. The minimum atomic E-state index is -0.266. The Kier molecular flexibility index (Phi) is 7.82. The molecule has 2 aromatic rings. The fourth-order valence-electron chi connectivity index (χ4n) is 3.78.